The molecule has 0 aliphatic carbocycles. The molecule has 4 heteroatoms. The molecule has 0 saturated heterocycles. The molecule has 0 unspecified atom stereocenters. The Hall–Kier alpha value is -1.78. The average Bonchev–Trinajstić information content (AvgIpc) is 2.98. The molecule has 0 spiro atoms. The Morgan fingerprint density at radius 3 is 1.95 bits per heavy atom. The van der Waals surface area contributed by atoms with Crippen molar-refractivity contribution in [2.24, 2.45) is 0 Å². The monoisotopic (exact) mass is 295 g/mol. The molecule has 0 fully saturated rings. The summed E-state index contributed by atoms with van der Waals surface area (Å²) in [6.07, 6.45) is 0. The zero-order valence-electron chi connectivity index (χ0n) is 10.3. The van der Waals surface area contributed by atoms with Crippen LogP contribution in [0, 0.1) is 5.41 Å². The molecular weight excluding hydrogens is 286 g/mol. The molecule has 2 heterocycles. The lowest BCUT2D eigenvalue weighted by Crippen LogP contribution is -2.01. The fraction of sp³-hybridized carbons (Fsp3) is 0. The number of fused-ring (bicyclic) bond motifs is 2. The van der Waals surface area contributed by atoms with Gasteiger partial charge < -0.3 is 0 Å². The Labute approximate surface area is 124 Å². The Kier molecular flexibility index (Phi) is 2.62. The third kappa shape index (κ3) is 1.62. The van der Waals surface area contributed by atoms with Gasteiger partial charge >= 0.3 is 0 Å². The van der Waals surface area contributed by atoms with Crippen LogP contribution in [0.3, 0.4) is 0 Å². The van der Waals surface area contributed by atoms with Crippen molar-refractivity contribution < 1.29 is 4.79 Å². The van der Waals surface area contributed by atoms with E-state index in [-0.39, 0.29) is 5.78 Å². The molecule has 2 aliphatic rings. The van der Waals surface area contributed by atoms with Crippen LogP contribution in [-0.4, -0.2) is 11.5 Å². The summed E-state index contributed by atoms with van der Waals surface area (Å²) in [5.74, 6) is 0.0469. The van der Waals surface area contributed by atoms with E-state index in [0.29, 0.717) is 10.6 Å². The molecule has 4 rings (SSSR count). The van der Waals surface area contributed by atoms with Gasteiger partial charge in [0.05, 0.1) is 15.5 Å². The van der Waals surface area contributed by atoms with E-state index in [1.165, 1.54) is 23.5 Å². The van der Waals surface area contributed by atoms with E-state index < -0.39 is 0 Å². The maximum atomic E-state index is 12.5. The molecule has 0 aromatic heterocycles. The van der Waals surface area contributed by atoms with Crippen LogP contribution in [-0.2, 0) is 0 Å². The van der Waals surface area contributed by atoms with Crippen LogP contribution in [0.2, 0.25) is 0 Å². The SMILES string of the molecule is N=C1/C(=C2\Sc3ccccc3C2=O)Sc2ccccc21. The lowest BCUT2D eigenvalue weighted by molar-refractivity contribution is 0.104. The quantitative estimate of drug-likeness (QED) is 0.734. The van der Waals surface area contributed by atoms with E-state index in [4.69, 9.17) is 5.41 Å². The van der Waals surface area contributed by atoms with Crippen molar-refractivity contribution in [1.82, 2.24) is 0 Å². The van der Waals surface area contributed by atoms with Gasteiger partial charge in [0.15, 0.2) is 0 Å². The molecule has 2 nitrogen and oxygen atoms in total. The smallest absolute Gasteiger partial charge is 0.202 e. The van der Waals surface area contributed by atoms with Crippen LogP contribution in [0.1, 0.15) is 15.9 Å². The Balaban J connectivity index is 1.85. The number of carbonyl (C=O) groups is 1. The van der Waals surface area contributed by atoms with E-state index in [9.17, 15) is 4.79 Å². The number of benzene rings is 2. The number of ketones is 1. The van der Waals surface area contributed by atoms with Gasteiger partial charge in [-0.1, -0.05) is 53.9 Å². The van der Waals surface area contributed by atoms with E-state index in [1.54, 1.807) is 0 Å². The predicted octanol–water partition coefficient (Wildman–Crippen LogP) is 4.36. The van der Waals surface area contributed by atoms with Gasteiger partial charge in [0.2, 0.25) is 5.78 Å². The van der Waals surface area contributed by atoms with Crippen molar-refractivity contribution in [3.05, 3.63) is 69.5 Å². The average molecular weight is 295 g/mol. The first kappa shape index (κ1) is 12.0. The highest BCUT2D eigenvalue weighted by atomic mass is 32.2. The largest absolute Gasteiger partial charge is 0.299 e. The summed E-state index contributed by atoms with van der Waals surface area (Å²) < 4.78 is 0. The number of carbonyl (C=O) groups excluding carboxylic acids is 1. The van der Waals surface area contributed by atoms with Gasteiger partial charge in [0.25, 0.3) is 0 Å². The highest BCUT2D eigenvalue weighted by molar-refractivity contribution is 8.08. The van der Waals surface area contributed by atoms with Crippen molar-refractivity contribution in [2.45, 2.75) is 9.79 Å². The molecule has 2 aliphatic heterocycles. The first-order chi connectivity index (χ1) is 9.75. The van der Waals surface area contributed by atoms with E-state index in [1.807, 2.05) is 48.5 Å². The zero-order chi connectivity index (χ0) is 13.7. The number of hydrogen-bond acceptors (Lipinski definition) is 4. The fourth-order valence-electron chi connectivity index (χ4n) is 2.38. The van der Waals surface area contributed by atoms with Crippen LogP contribution in [0.5, 0.6) is 0 Å². The number of rotatable bonds is 0. The second-order valence-electron chi connectivity index (χ2n) is 4.56. The van der Waals surface area contributed by atoms with Gasteiger partial charge in [-0.25, -0.2) is 0 Å². The second kappa shape index (κ2) is 4.36. The molecule has 96 valence electrons. The summed E-state index contributed by atoms with van der Waals surface area (Å²) in [6, 6.07) is 15.5. The maximum absolute atomic E-state index is 12.5. The minimum atomic E-state index is 0.0469. The third-order valence-electron chi connectivity index (χ3n) is 3.35. The van der Waals surface area contributed by atoms with Crippen molar-refractivity contribution in [3.8, 4) is 0 Å². The molecule has 0 bridgehead atoms. The highest BCUT2D eigenvalue weighted by Gasteiger charge is 2.33. The van der Waals surface area contributed by atoms with Crippen LogP contribution < -0.4 is 0 Å². The molecule has 2 aromatic rings. The highest BCUT2D eigenvalue weighted by Crippen LogP contribution is 2.49. The molecular formula is C16H9NOS2. The first-order valence-corrected chi connectivity index (χ1v) is 7.81. The number of hydrogen-bond donors (Lipinski definition) is 1. The molecule has 0 saturated carbocycles. The molecule has 0 radical (unpaired) electrons. The molecule has 0 amide bonds. The number of allylic oxidation sites excluding steroid dienone is 2. The minimum Gasteiger partial charge on any atom is -0.299 e. The van der Waals surface area contributed by atoms with Crippen LogP contribution in [0.4, 0.5) is 0 Å². The van der Waals surface area contributed by atoms with Crippen molar-refractivity contribution in [3.63, 3.8) is 0 Å². The second-order valence-corrected chi connectivity index (χ2v) is 6.66. The van der Waals surface area contributed by atoms with E-state index >= 15 is 0 Å². The lowest BCUT2D eigenvalue weighted by atomic mass is 10.1. The topological polar surface area (TPSA) is 40.9 Å². The Morgan fingerprint density at radius 1 is 0.750 bits per heavy atom. The Bertz CT molecular complexity index is 740. The number of Topliss-reactive ketones (excluding diaryl/α,β-unsaturated/α-hetero) is 1. The van der Waals surface area contributed by atoms with Crippen molar-refractivity contribution >= 4 is 35.0 Å². The third-order valence-corrected chi connectivity index (χ3v) is 5.84. The fourth-order valence-corrected chi connectivity index (χ4v) is 4.71. The lowest BCUT2D eigenvalue weighted by Gasteiger charge is -2.00. The Morgan fingerprint density at radius 2 is 1.30 bits per heavy atom. The zero-order valence-corrected chi connectivity index (χ0v) is 12.0. The van der Waals surface area contributed by atoms with Gasteiger partial charge in [-0.05, 0) is 18.2 Å². The van der Waals surface area contributed by atoms with Gasteiger partial charge in [-0.2, -0.15) is 0 Å². The summed E-state index contributed by atoms with van der Waals surface area (Å²) in [7, 11) is 0. The summed E-state index contributed by atoms with van der Waals surface area (Å²) in [5.41, 5.74) is 2.14. The normalized spacial score (nSPS) is 20.2. The maximum Gasteiger partial charge on any atom is 0.202 e. The molecule has 1 N–H and O–H groups in total. The number of thioether (sulfide) groups is 2. The summed E-state index contributed by atoms with van der Waals surface area (Å²) in [4.78, 5) is 16.0. The molecule has 2 aromatic carbocycles. The summed E-state index contributed by atoms with van der Waals surface area (Å²) in [6.45, 7) is 0. The van der Waals surface area contributed by atoms with Gasteiger partial charge in [-0.15, -0.1) is 0 Å². The summed E-state index contributed by atoms with van der Waals surface area (Å²) >= 11 is 3.01. The van der Waals surface area contributed by atoms with Crippen LogP contribution in [0.15, 0.2) is 68.1 Å². The van der Waals surface area contributed by atoms with Crippen molar-refractivity contribution in [1.29, 1.82) is 5.41 Å². The van der Waals surface area contributed by atoms with Crippen molar-refractivity contribution in [2.75, 3.05) is 0 Å². The van der Waals surface area contributed by atoms with Crippen LogP contribution >= 0.6 is 23.5 Å². The van der Waals surface area contributed by atoms with E-state index in [0.717, 1.165) is 25.8 Å². The molecule has 0 atom stereocenters. The van der Waals surface area contributed by atoms with Crippen LogP contribution in [0.25, 0.3) is 0 Å². The minimum absolute atomic E-state index is 0.0469. The first-order valence-electron chi connectivity index (χ1n) is 6.18. The van der Waals surface area contributed by atoms with Gasteiger partial charge in [0, 0.05) is 20.9 Å². The summed E-state index contributed by atoms with van der Waals surface area (Å²) in [5, 5.41) is 8.31. The standard InChI is InChI=1S/C16H9NOS2/c17-13-9-5-1-3-7-11(9)19-15(13)16-14(18)10-6-2-4-8-12(10)20-16/h1-8,17H/b16-15+,17-13?. The van der Waals surface area contributed by atoms with Gasteiger partial charge in [-0.3, -0.25) is 10.2 Å². The van der Waals surface area contributed by atoms with E-state index in [2.05, 4.69) is 0 Å². The number of nitrogens with one attached hydrogen (secondary N) is 1. The molecule has 20 heavy (non-hydrogen) atoms. The van der Waals surface area contributed by atoms with Gasteiger partial charge in [0.1, 0.15) is 0 Å². The predicted molar refractivity (Wildman–Crippen MR) is 82.8 cm³/mol.